The van der Waals surface area contributed by atoms with Gasteiger partial charge in [0, 0.05) is 79.5 Å². The van der Waals surface area contributed by atoms with Crippen molar-refractivity contribution in [3.63, 3.8) is 0 Å². The Morgan fingerprint density at radius 3 is 2.51 bits per heavy atom. The quantitative estimate of drug-likeness (QED) is 0.359. The van der Waals surface area contributed by atoms with Gasteiger partial charge in [0.05, 0.1) is 22.4 Å². The van der Waals surface area contributed by atoms with Gasteiger partial charge in [-0.3, -0.25) is 19.7 Å². The molecule has 0 aliphatic carbocycles. The molecule has 41 heavy (non-hydrogen) atoms. The van der Waals surface area contributed by atoms with E-state index in [0.29, 0.717) is 41.1 Å². The molecule has 3 aromatic heterocycles. The van der Waals surface area contributed by atoms with Gasteiger partial charge in [0.25, 0.3) is 5.91 Å². The number of nitrogen functional groups attached to an aromatic ring is 1. The summed E-state index contributed by atoms with van der Waals surface area (Å²) in [5.74, 6) is 5.83. The number of piperazine rings is 1. The minimum absolute atomic E-state index is 0.0469. The minimum atomic E-state index is -4.56. The molecule has 1 saturated heterocycles. The van der Waals surface area contributed by atoms with Crippen LogP contribution in [0.3, 0.4) is 0 Å². The van der Waals surface area contributed by atoms with Crippen molar-refractivity contribution in [3.05, 3.63) is 88.6 Å². The zero-order valence-corrected chi connectivity index (χ0v) is 22.6. The molecule has 0 unspecified atom stereocenters. The number of hydrogen-bond acceptors (Lipinski definition) is 7. The molecule has 11 heteroatoms. The van der Waals surface area contributed by atoms with Crippen LogP contribution in [-0.4, -0.2) is 63.9 Å². The van der Waals surface area contributed by atoms with Crippen LogP contribution in [0.25, 0.3) is 10.8 Å². The molecule has 0 bridgehead atoms. The smallest absolute Gasteiger partial charge is 0.383 e. The number of pyridine rings is 3. The molecule has 0 saturated carbocycles. The molecule has 5 rings (SSSR count). The molecule has 0 atom stereocenters. The number of fused-ring (bicyclic) bond motifs is 1. The monoisotopic (exact) mass is 559 g/mol. The number of nitrogens with two attached hydrogens (primary N) is 1. The lowest BCUT2D eigenvalue weighted by Crippen LogP contribution is -2.44. The number of nitrogens with one attached hydrogen (secondary N) is 1. The van der Waals surface area contributed by atoms with Crippen LogP contribution in [-0.2, 0) is 12.7 Å². The Bertz CT molecular complexity index is 1670. The molecule has 1 aromatic carbocycles. The second kappa shape index (κ2) is 11.5. The van der Waals surface area contributed by atoms with Crippen LogP contribution in [0.15, 0.2) is 55.1 Å². The number of nitrogens with zero attached hydrogens (tertiary/aromatic N) is 5. The van der Waals surface area contributed by atoms with Gasteiger partial charge >= 0.3 is 6.18 Å². The fourth-order valence-electron chi connectivity index (χ4n) is 4.63. The van der Waals surface area contributed by atoms with E-state index in [1.165, 1.54) is 18.3 Å². The van der Waals surface area contributed by atoms with Crippen LogP contribution in [0.5, 0.6) is 0 Å². The van der Waals surface area contributed by atoms with Crippen molar-refractivity contribution in [2.24, 2.45) is 0 Å². The van der Waals surface area contributed by atoms with Crippen molar-refractivity contribution in [1.82, 2.24) is 24.8 Å². The molecule has 0 spiro atoms. The lowest BCUT2D eigenvalue weighted by molar-refractivity contribution is -0.138. The van der Waals surface area contributed by atoms with Crippen LogP contribution in [0, 0.1) is 18.8 Å². The summed E-state index contributed by atoms with van der Waals surface area (Å²) >= 11 is 0. The highest BCUT2D eigenvalue weighted by Crippen LogP contribution is 2.34. The first-order valence-electron chi connectivity index (χ1n) is 13.0. The zero-order valence-electron chi connectivity index (χ0n) is 22.6. The summed E-state index contributed by atoms with van der Waals surface area (Å²) in [4.78, 5) is 29.7. The number of aryl methyl sites for hydroxylation is 1. The van der Waals surface area contributed by atoms with E-state index >= 15 is 0 Å². The number of anilines is 2. The van der Waals surface area contributed by atoms with Crippen molar-refractivity contribution < 1.29 is 18.0 Å². The second-order valence-electron chi connectivity index (χ2n) is 9.99. The third-order valence-electron chi connectivity index (χ3n) is 7.06. The standard InChI is InChI=1S/C30H28F3N7O/c1-19-20(3-4-21-15-37-28(34)26-17-35-8-7-25(21)26)13-23(16-36-19)29(41)38-24-6-5-22(27(14-24)30(31,32)33)18-40-11-9-39(2)10-12-40/h5-8,13-17H,9-12,18H2,1-2H3,(H2,34,37)(H,38,41). The number of amides is 1. The van der Waals surface area contributed by atoms with Gasteiger partial charge in [-0.05, 0) is 43.8 Å². The van der Waals surface area contributed by atoms with Gasteiger partial charge in [0.1, 0.15) is 5.82 Å². The molecule has 4 aromatic rings. The lowest BCUT2D eigenvalue weighted by Gasteiger charge is -2.33. The summed E-state index contributed by atoms with van der Waals surface area (Å²) in [7, 11) is 1.99. The van der Waals surface area contributed by atoms with Crippen molar-refractivity contribution in [3.8, 4) is 11.8 Å². The Hall–Kier alpha value is -4.53. The number of aromatic nitrogens is 3. The summed E-state index contributed by atoms with van der Waals surface area (Å²) in [6, 6.07) is 7.26. The average molecular weight is 560 g/mol. The maximum Gasteiger partial charge on any atom is 0.416 e. The molecular formula is C30H28F3N7O. The Balaban J connectivity index is 1.37. The Kier molecular flexibility index (Phi) is 7.88. The third kappa shape index (κ3) is 6.45. The van der Waals surface area contributed by atoms with Gasteiger partial charge in [-0.1, -0.05) is 17.9 Å². The van der Waals surface area contributed by atoms with Crippen LogP contribution in [0.1, 0.15) is 38.3 Å². The van der Waals surface area contributed by atoms with E-state index in [1.54, 1.807) is 37.6 Å². The molecule has 8 nitrogen and oxygen atoms in total. The SMILES string of the molecule is Cc1ncc(C(=O)Nc2ccc(CN3CCN(C)CC3)c(C(F)(F)F)c2)cc1C#Cc1cnc(N)c2cnccc12. The van der Waals surface area contributed by atoms with E-state index in [9.17, 15) is 18.0 Å². The van der Waals surface area contributed by atoms with Gasteiger partial charge in [-0.25, -0.2) is 4.98 Å². The highest BCUT2D eigenvalue weighted by atomic mass is 19.4. The molecule has 3 N–H and O–H groups in total. The molecule has 1 amide bonds. The number of benzene rings is 1. The summed E-state index contributed by atoms with van der Waals surface area (Å²) in [6.45, 7) is 4.94. The topological polar surface area (TPSA) is 100 Å². The van der Waals surface area contributed by atoms with Crippen LogP contribution < -0.4 is 11.1 Å². The van der Waals surface area contributed by atoms with Gasteiger partial charge in [0.2, 0.25) is 0 Å². The first-order chi connectivity index (χ1) is 19.6. The normalized spacial score (nSPS) is 14.5. The van der Waals surface area contributed by atoms with Crippen LogP contribution >= 0.6 is 0 Å². The summed E-state index contributed by atoms with van der Waals surface area (Å²) < 4.78 is 41.9. The number of alkyl halides is 3. The van der Waals surface area contributed by atoms with Gasteiger partial charge in [0.15, 0.2) is 0 Å². The van der Waals surface area contributed by atoms with Crippen LogP contribution in [0.4, 0.5) is 24.7 Å². The molecule has 1 fully saturated rings. The van der Waals surface area contributed by atoms with E-state index in [1.807, 2.05) is 11.9 Å². The molecule has 1 aliphatic heterocycles. The summed E-state index contributed by atoms with van der Waals surface area (Å²) in [6.07, 6.45) is 1.62. The number of rotatable bonds is 4. The van der Waals surface area contributed by atoms with E-state index < -0.39 is 17.6 Å². The second-order valence-corrected chi connectivity index (χ2v) is 9.99. The first kappa shape index (κ1) is 28.0. The Morgan fingerprint density at radius 1 is 1.00 bits per heavy atom. The fourth-order valence-corrected chi connectivity index (χ4v) is 4.63. The molecule has 210 valence electrons. The van der Waals surface area contributed by atoms with Gasteiger partial charge in [-0.15, -0.1) is 0 Å². The predicted molar refractivity (Wildman–Crippen MR) is 151 cm³/mol. The van der Waals surface area contributed by atoms with Crippen molar-refractivity contribution in [2.75, 3.05) is 44.3 Å². The number of likely N-dealkylation sites (N-methyl/N-ethyl adjacent to an activating group) is 1. The molecular weight excluding hydrogens is 531 g/mol. The number of hydrogen-bond donors (Lipinski definition) is 2. The minimum Gasteiger partial charge on any atom is -0.383 e. The Labute approximate surface area is 235 Å². The number of halogens is 3. The van der Waals surface area contributed by atoms with Gasteiger partial charge < -0.3 is 16.0 Å². The van der Waals surface area contributed by atoms with E-state index in [4.69, 9.17) is 5.73 Å². The summed E-state index contributed by atoms with van der Waals surface area (Å²) in [5.41, 5.74) is 7.28. The third-order valence-corrected chi connectivity index (χ3v) is 7.06. The Morgan fingerprint density at radius 2 is 1.76 bits per heavy atom. The number of carbonyl (C=O) groups is 1. The van der Waals surface area contributed by atoms with Crippen molar-refractivity contribution in [2.45, 2.75) is 19.6 Å². The largest absolute Gasteiger partial charge is 0.416 e. The average Bonchev–Trinajstić information content (AvgIpc) is 2.95. The number of carbonyl (C=O) groups excluding carboxylic acids is 1. The fraction of sp³-hybridized carbons (Fsp3) is 0.267. The van der Waals surface area contributed by atoms with Gasteiger partial charge in [-0.2, -0.15) is 13.2 Å². The van der Waals surface area contributed by atoms with E-state index in [-0.39, 0.29) is 23.4 Å². The predicted octanol–water partition coefficient (Wildman–Crippen LogP) is 4.33. The highest BCUT2D eigenvalue weighted by Gasteiger charge is 2.34. The molecule has 4 heterocycles. The zero-order chi connectivity index (χ0) is 29.1. The first-order valence-corrected chi connectivity index (χ1v) is 13.0. The van der Waals surface area contributed by atoms with Crippen molar-refractivity contribution >= 4 is 28.2 Å². The summed E-state index contributed by atoms with van der Waals surface area (Å²) in [5, 5.41) is 4.04. The maximum absolute atomic E-state index is 14.0. The maximum atomic E-state index is 14.0. The van der Waals surface area contributed by atoms with E-state index in [2.05, 4.69) is 37.0 Å². The molecule has 0 radical (unpaired) electrons. The molecule has 1 aliphatic rings. The van der Waals surface area contributed by atoms with E-state index in [0.717, 1.165) is 24.5 Å². The van der Waals surface area contributed by atoms with Crippen LogP contribution in [0.2, 0.25) is 0 Å². The highest BCUT2D eigenvalue weighted by molar-refractivity contribution is 6.04. The van der Waals surface area contributed by atoms with Crippen molar-refractivity contribution in [1.29, 1.82) is 0 Å². The lowest BCUT2D eigenvalue weighted by atomic mass is 10.0.